The van der Waals surface area contributed by atoms with Crippen LogP contribution in [0.5, 0.6) is 0 Å². The van der Waals surface area contributed by atoms with Crippen LogP contribution in [0.25, 0.3) is 0 Å². The molecule has 0 aromatic carbocycles. The van der Waals surface area contributed by atoms with Crippen molar-refractivity contribution in [3.63, 3.8) is 0 Å². The van der Waals surface area contributed by atoms with Crippen LogP contribution in [0, 0.1) is 10.8 Å². The van der Waals surface area contributed by atoms with Crippen molar-refractivity contribution in [3.8, 4) is 0 Å². The molecule has 6 heteroatoms. The molecule has 120 valence electrons. The van der Waals surface area contributed by atoms with Crippen molar-refractivity contribution in [3.05, 3.63) is 18.0 Å². The summed E-state index contributed by atoms with van der Waals surface area (Å²) < 4.78 is 30.0. The van der Waals surface area contributed by atoms with Crippen molar-refractivity contribution in [1.82, 2.24) is 9.29 Å². The highest BCUT2D eigenvalue weighted by Crippen LogP contribution is 2.62. The molecule has 1 fully saturated rings. The van der Waals surface area contributed by atoms with E-state index in [2.05, 4.69) is 32.4 Å². The van der Waals surface area contributed by atoms with Crippen LogP contribution < -0.4 is 10.5 Å². The molecule has 0 saturated heterocycles. The van der Waals surface area contributed by atoms with Crippen LogP contribution in [0.3, 0.4) is 0 Å². The van der Waals surface area contributed by atoms with E-state index in [1.807, 2.05) is 18.4 Å². The van der Waals surface area contributed by atoms with Gasteiger partial charge in [0.15, 0.2) is 0 Å². The lowest BCUT2D eigenvalue weighted by atomic mass is 10.0. The number of rotatable bonds is 5. The Morgan fingerprint density at radius 1 is 1.29 bits per heavy atom. The minimum absolute atomic E-state index is 0.0304. The third-order valence-electron chi connectivity index (χ3n) is 5.28. The number of hydrogen-bond donors (Lipinski definition) is 2. The Bertz CT molecular complexity index is 628. The lowest BCUT2D eigenvalue weighted by molar-refractivity contribution is 0.457. The van der Waals surface area contributed by atoms with Crippen molar-refractivity contribution < 1.29 is 8.42 Å². The molecule has 21 heavy (non-hydrogen) atoms. The standard InChI is InChI=1S/C15H27N3O2S/c1-10(2)18-9-12(7-11(18)8-16)21(19,20)17-13-14(3,4)15(13,5)6/h7,9-10,13,17H,8,16H2,1-6H3. The fraction of sp³-hybridized carbons (Fsp3) is 0.733. The molecular formula is C15H27N3O2S. The zero-order valence-electron chi connectivity index (χ0n) is 13.8. The van der Waals surface area contributed by atoms with Crippen LogP contribution in [0.4, 0.5) is 0 Å². The van der Waals surface area contributed by atoms with Crippen molar-refractivity contribution in [2.24, 2.45) is 16.6 Å². The average Bonchev–Trinajstić information content (AvgIpc) is 2.75. The summed E-state index contributed by atoms with van der Waals surface area (Å²) in [6.07, 6.45) is 1.68. The molecule has 1 aromatic heterocycles. The second-order valence-electron chi connectivity index (χ2n) is 7.37. The average molecular weight is 313 g/mol. The first-order valence-corrected chi connectivity index (χ1v) is 8.86. The van der Waals surface area contributed by atoms with Crippen molar-refractivity contribution in [1.29, 1.82) is 0 Å². The molecule has 1 aromatic rings. The third-order valence-corrected chi connectivity index (χ3v) is 6.67. The van der Waals surface area contributed by atoms with Gasteiger partial charge in [0, 0.05) is 30.5 Å². The number of hydrogen-bond acceptors (Lipinski definition) is 3. The number of sulfonamides is 1. The minimum Gasteiger partial charge on any atom is -0.346 e. The molecule has 1 saturated carbocycles. The number of nitrogens with zero attached hydrogens (tertiary/aromatic N) is 1. The summed E-state index contributed by atoms with van der Waals surface area (Å²) in [6, 6.07) is 1.81. The number of aromatic nitrogens is 1. The SMILES string of the molecule is CC(C)n1cc(S(=O)(=O)NC2C(C)(C)C2(C)C)cc1CN. The van der Waals surface area contributed by atoms with Gasteiger partial charge < -0.3 is 10.3 Å². The topological polar surface area (TPSA) is 77.1 Å². The zero-order chi connectivity index (χ0) is 16.2. The van der Waals surface area contributed by atoms with Gasteiger partial charge in [0.1, 0.15) is 0 Å². The molecule has 1 aliphatic rings. The van der Waals surface area contributed by atoms with Gasteiger partial charge in [0.2, 0.25) is 10.0 Å². The summed E-state index contributed by atoms with van der Waals surface area (Å²) in [5, 5.41) is 0. The molecule has 2 rings (SSSR count). The van der Waals surface area contributed by atoms with E-state index in [-0.39, 0.29) is 22.9 Å². The molecular weight excluding hydrogens is 286 g/mol. The van der Waals surface area contributed by atoms with Gasteiger partial charge in [0.05, 0.1) is 4.90 Å². The molecule has 0 spiro atoms. The first-order valence-electron chi connectivity index (χ1n) is 7.38. The van der Waals surface area contributed by atoms with Crippen LogP contribution in [-0.2, 0) is 16.6 Å². The summed E-state index contributed by atoms with van der Waals surface area (Å²) in [5.74, 6) is 0. The molecule has 0 bridgehead atoms. The molecule has 1 heterocycles. The van der Waals surface area contributed by atoms with Crippen molar-refractivity contribution in [2.45, 2.75) is 65.1 Å². The fourth-order valence-corrected chi connectivity index (χ4v) is 4.58. The van der Waals surface area contributed by atoms with E-state index in [4.69, 9.17) is 5.73 Å². The largest absolute Gasteiger partial charge is 0.346 e. The van der Waals surface area contributed by atoms with Gasteiger partial charge in [-0.05, 0) is 30.7 Å². The van der Waals surface area contributed by atoms with Gasteiger partial charge in [-0.3, -0.25) is 0 Å². The van der Waals surface area contributed by atoms with Gasteiger partial charge in [-0.1, -0.05) is 27.7 Å². The maximum Gasteiger partial charge on any atom is 0.242 e. The Morgan fingerprint density at radius 3 is 2.14 bits per heavy atom. The summed E-state index contributed by atoms with van der Waals surface area (Å²) in [7, 11) is -3.51. The van der Waals surface area contributed by atoms with Crippen LogP contribution >= 0.6 is 0 Å². The van der Waals surface area contributed by atoms with Gasteiger partial charge in [0.25, 0.3) is 0 Å². The molecule has 0 unspecified atom stereocenters. The Hall–Kier alpha value is -0.850. The second-order valence-corrected chi connectivity index (χ2v) is 9.08. The summed E-state index contributed by atoms with van der Waals surface area (Å²) >= 11 is 0. The van der Waals surface area contributed by atoms with E-state index in [0.717, 1.165) is 5.69 Å². The van der Waals surface area contributed by atoms with Crippen molar-refractivity contribution >= 4 is 10.0 Å². The normalized spacial score (nSPS) is 21.0. The smallest absolute Gasteiger partial charge is 0.242 e. The van der Waals surface area contributed by atoms with Crippen LogP contribution in [0.15, 0.2) is 17.2 Å². The number of nitrogens with two attached hydrogens (primary N) is 1. The molecule has 0 atom stereocenters. The predicted molar refractivity (Wildman–Crippen MR) is 84.4 cm³/mol. The molecule has 0 aliphatic heterocycles. The zero-order valence-corrected chi connectivity index (χ0v) is 14.6. The highest BCUT2D eigenvalue weighted by molar-refractivity contribution is 7.89. The van der Waals surface area contributed by atoms with Crippen molar-refractivity contribution in [2.75, 3.05) is 0 Å². The second kappa shape index (κ2) is 4.83. The Labute approximate surface area is 128 Å². The third kappa shape index (κ3) is 2.53. The molecule has 0 amide bonds. The van der Waals surface area contributed by atoms with Gasteiger partial charge in [-0.25, -0.2) is 13.1 Å². The van der Waals surface area contributed by atoms with Crippen LogP contribution in [0.2, 0.25) is 0 Å². The molecule has 3 N–H and O–H groups in total. The first kappa shape index (κ1) is 16.5. The minimum atomic E-state index is -3.51. The maximum atomic E-state index is 12.6. The molecule has 5 nitrogen and oxygen atoms in total. The van der Waals surface area contributed by atoms with E-state index >= 15 is 0 Å². The number of nitrogens with one attached hydrogen (secondary N) is 1. The summed E-state index contributed by atoms with van der Waals surface area (Å²) in [4.78, 5) is 0.301. The fourth-order valence-electron chi connectivity index (χ4n) is 3.00. The Kier molecular flexibility index (Phi) is 3.80. The van der Waals surface area contributed by atoms with Crippen LogP contribution in [-0.4, -0.2) is 19.0 Å². The van der Waals surface area contributed by atoms with Gasteiger partial charge >= 0.3 is 0 Å². The Morgan fingerprint density at radius 2 is 1.81 bits per heavy atom. The predicted octanol–water partition coefficient (Wildman–Crippen LogP) is 2.24. The quantitative estimate of drug-likeness (QED) is 0.875. The molecule has 1 aliphatic carbocycles. The van der Waals surface area contributed by atoms with E-state index < -0.39 is 10.0 Å². The summed E-state index contributed by atoms with van der Waals surface area (Å²) in [5.41, 5.74) is 6.48. The van der Waals surface area contributed by atoms with E-state index in [9.17, 15) is 8.42 Å². The first-order chi connectivity index (χ1) is 9.45. The highest BCUT2D eigenvalue weighted by Gasteiger charge is 2.66. The maximum absolute atomic E-state index is 12.6. The lowest BCUT2D eigenvalue weighted by Gasteiger charge is -2.10. The lowest BCUT2D eigenvalue weighted by Crippen LogP contribution is -2.29. The van der Waals surface area contributed by atoms with E-state index in [1.165, 1.54) is 0 Å². The summed E-state index contributed by atoms with van der Waals surface area (Å²) in [6.45, 7) is 12.7. The van der Waals surface area contributed by atoms with Crippen LogP contribution in [0.1, 0.15) is 53.3 Å². The molecule has 0 radical (unpaired) electrons. The van der Waals surface area contributed by atoms with E-state index in [0.29, 0.717) is 11.4 Å². The monoisotopic (exact) mass is 313 g/mol. The van der Waals surface area contributed by atoms with Gasteiger partial charge in [-0.15, -0.1) is 0 Å². The van der Waals surface area contributed by atoms with E-state index in [1.54, 1.807) is 12.3 Å². The van der Waals surface area contributed by atoms with Gasteiger partial charge in [-0.2, -0.15) is 0 Å². The Balaban J connectivity index is 2.30. The highest BCUT2D eigenvalue weighted by atomic mass is 32.2.